The molecule has 0 radical (unpaired) electrons. The maximum absolute atomic E-state index is 10.9. The third-order valence-corrected chi connectivity index (χ3v) is 2.18. The van der Waals surface area contributed by atoms with E-state index < -0.39 is 0 Å². The summed E-state index contributed by atoms with van der Waals surface area (Å²) in [4.78, 5) is 12.8. The fourth-order valence-corrected chi connectivity index (χ4v) is 1.55. The summed E-state index contributed by atoms with van der Waals surface area (Å²) in [7, 11) is 0. The minimum Gasteiger partial charge on any atom is -0.399 e. The van der Waals surface area contributed by atoms with E-state index in [0.29, 0.717) is 5.69 Å². The summed E-state index contributed by atoms with van der Waals surface area (Å²) >= 11 is 0. The van der Waals surface area contributed by atoms with Crippen LogP contribution in [0.1, 0.15) is 12.5 Å². The highest BCUT2D eigenvalue weighted by Crippen LogP contribution is 2.19. The number of nitrogen functional groups attached to an aromatic ring is 1. The molecule has 0 spiro atoms. The van der Waals surface area contributed by atoms with Crippen molar-refractivity contribution in [1.29, 1.82) is 0 Å². The molecule has 0 aliphatic rings. The van der Waals surface area contributed by atoms with Gasteiger partial charge in [-0.25, -0.2) is 0 Å². The maximum Gasteiger partial charge on any atom is 0.236 e. The van der Waals surface area contributed by atoms with E-state index in [9.17, 15) is 4.79 Å². The van der Waals surface area contributed by atoms with Crippen molar-refractivity contribution in [3.63, 3.8) is 0 Å². The zero-order valence-corrected chi connectivity index (χ0v) is 9.16. The van der Waals surface area contributed by atoms with Crippen LogP contribution in [-0.2, 0) is 4.79 Å². The van der Waals surface area contributed by atoms with Crippen molar-refractivity contribution in [3.8, 4) is 0 Å². The van der Waals surface area contributed by atoms with Crippen molar-refractivity contribution < 1.29 is 4.79 Å². The third-order valence-electron chi connectivity index (χ3n) is 2.18. The van der Waals surface area contributed by atoms with E-state index in [1.807, 2.05) is 36.9 Å². The first-order valence-electron chi connectivity index (χ1n) is 4.93. The Bertz CT molecular complexity index is 343. The van der Waals surface area contributed by atoms with Gasteiger partial charge in [0, 0.05) is 17.9 Å². The molecule has 0 heterocycles. The number of hydrogen-bond donors (Lipinski definition) is 2. The van der Waals surface area contributed by atoms with E-state index in [0.717, 1.165) is 17.8 Å². The first-order valence-corrected chi connectivity index (χ1v) is 4.93. The molecular formula is C11H17N3O. The molecule has 1 rings (SSSR count). The van der Waals surface area contributed by atoms with Crippen LogP contribution in [0.3, 0.4) is 0 Å². The molecule has 4 nitrogen and oxygen atoms in total. The van der Waals surface area contributed by atoms with E-state index in [1.165, 1.54) is 0 Å². The van der Waals surface area contributed by atoms with Gasteiger partial charge in [0.15, 0.2) is 0 Å². The van der Waals surface area contributed by atoms with Gasteiger partial charge in [-0.15, -0.1) is 0 Å². The lowest BCUT2D eigenvalue weighted by atomic mass is 10.2. The number of primary amides is 1. The van der Waals surface area contributed by atoms with Crippen LogP contribution >= 0.6 is 0 Å². The van der Waals surface area contributed by atoms with Crippen LogP contribution in [-0.4, -0.2) is 19.0 Å². The normalized spacial score (nSPS) is 10.0. The number of amides is 1. The van der Waals surface area contributed by atoms with E-state index in [-0.39, 0.29) is 12.5 Å². The largest absolute Gasteiger partial charge is 0.399 e. The van der Waals surface area contributed by atoms with Gasteiger partial charge in [-0.3, -0.25) is 4.79 Å². The van der Waals surface area contributed by atoms with E-state index in [1.54, 1.807) is 0 Å². The Morgan fingerprint density at radius 1 is 1.40 bits per heavy atom. The summed E-state index contributed by atoms with van der Waals surface area (Å²) < 4.78 is 0. The van der Waals surface area contributed by atoms with Gasteiger partial charge in [0.25, 0.3) is 0 Å². The Hall–Kier alpha value is -1.71. The predicted molar refractivity (Wildman–Crippen MR) is 62.7 cm³/mol. The Kier molecular flexibility index (Phi) is 3.55. The second kappa shape index (κ2) is 4.68. The summed E-state index contributed by atoms with van der Waals surface area (Å²) in [6.45, 7) is 4.89. The highest BCUT2D eigenvalue weighted by atomic mass is 16.1. The molecule has 0 atom stereocenters. The predicted octanol–water partition coefficient (Wildman–Crippen LogP) is 0.889. The van der Waals surface area contributed by atoms with Gasteiger partial charge in [-0.1, -0.05) is 0 Å². The van der Waals surface area contributed by atoms with E-state index in [4.69, 9.17) is 11.5 Å². The number of aryl methyl sites for hydroxylation is 1. The Morgan fingerprint density at radius 3 is 2.53 bits per heavy atom. The molecule has 1 amide bonds. The standard InChI is InChI=1S/C11H17N3O/c1-3-14(7-11(13)15)10-5-8(2)4-9(12)6-10/h4-6H,3,7,12H2,1-2H3,(H2,13,15). The van der Waals surface area contributed by atoms with Crippen LogP contribution < -0.4 is 16.4 Å². The van der Waals surface area contributed by atoms with Crippen LogP contribution in [0.5, 0.6) is 0 Å². The molecule has 0 fully saturated rings. The molecule has 0 aliphatic heterocycles. The third kappa shape index (κ3) is 3.16. The Labute approximate surface area is 89.9 Å². The fraction of sp³-hybridized carbons (Fsp3) is 0.364. The lowest BCUT2D eigenvalue weighted by molar-refractivity contribution is -0.116. The van der Waals surface area contributed by atoms with Crippen LogP contribution in [0.4, 0.5) is 11.4 Å². The second-order valence-electron chi connectivity index (χ2n) is 3.58. The molecule has 4 heteroatoms. The number of benzene rings is 1. The second-order valence-corrected chi connectivity index (χ2v) is 3.58. The minimum absolute atomic E-state index is 0.222. The molecule has 0 saturated carbocycles. The molecule has 4 N–H and O–H groups in total. The number of anilines is 2. The van der Waals surface area contributed by atoms with Crippen molar-refractivity contribution in [3.05, 3.63) is 23.8 Å². The molecule has 1 aromatic rings. The monoisotopic (exact) mass is 207 g/mol. The van der Waals surface area contributed by atoms with Crippen molar-refractivity contribution in [2.45, 2.75) is 13.8 Å². The Balaban J connectivity index is 2.95. The number of nitrogens with two attached hydrogens (primary N) is 2. The average Bonchev–Trinajstić information content (AvgIpc) is 2.12. The lowest BCUT2D eigenvalue weighted by Crippen LogP contribution is -2.33. The van der Waals surface area contributed by atoms with Crippen LogP contribution in [0.15, 0.2) is 18.2 Å². The van der Waals surface area contributed by atoms with Crippen LogP contribution in [0.2, 0.25) is 0 Å². The van der Waals surface area contributed by atoms with Gasteiger partial charge in [0.1, 0.15) is 0 Å². The number of likely N-dealkylation sites (N-methyl/N-ethyl adjacent to an activating group) is 1. The summed E-state index contributed by atoms with van der Waals surface area (Å²) in [5, 5.41) is 0. The average molecular weight is 207 g/mol. The number of carbonyl (C=O) groups is 1. The molecule has 0 saturated heterocycles. The van der Waals surface area contributed by atoms with E-state index >= 15 is 0 Å². The minimum atomic E-state index is -0.336. The van der Waals surface area contributed by atoms with E-state index in [2.05, 4.69) is 0 Å². The SMILES string of the molecule is CCN(CC(N)=O)c1cc(C)cc(N)c1. The first kappa shape index (κ1) is 11.4. The maximum atomic E-state index is 10.9. The number of rotatable bonds is 4. The smallest absolute Gasteiger partial charge is 0.236 e. The number of carbonyl (C=O) groups excluding carboxylic acids is 1. The molecule has 0 aromatic heterocycles. The van der Waals surface area contributed by atoms with Gasteiger partial charge < -0.3 is 16.4 Å². The summed E-state index contributed by atoms with van der Waals surface area (Å²) in [6.07, 6.45) is 0. The molecular weight excluding hydrogens is 190 g/mol. The fourth-order valence-electron chi connectivity index (χ4n) is 1.55. The molecule has 0 unspecified atom stereocenters. The first-order chi connectivity index (χ1) is 7.02. The van der Waals surface area contributed by atoms with Gasteiger partial charge >= 0.3 is 0 Å². The Morgan fingerprint density at radius 2 is 2.07 bits per heavy atom. The molecule has 0 bridgehead atoms. The van der Waals surface area contributed by atoms with Crippen LogP contribution in [0, 0.1) is 6.92 Å². The van der Waals surface area contributed by atoms with Gasteiger partial charge in [-0.2, -0.15) is 0 Å². The van der Waals surface area contributed by atoms with Crippen molar-refractivity contribution in [2.75, 3.05) is 23.7 Å². The number of nitrogens with zero attached hydrogens (tertiary/aromatic N) is 1. The summed E-state index contributed by atoms with van der Waals surface area (Å²) in [6, 6.07) is 5.73. The topological polar surface area (TPSA) is 72.3 Å². The summed E-state index contributed by atoms with van der Waals surface area (Å²) in [5.41, 5.74) is 13.6. The highest BCUT2D eigenvalue weighted by molar-refractivity contribution is 5.79. The lowest BCUT2D eigenvalue weighted by Gasteiger charge is -2.22. The van der Waals surface area contributed by atoms with Crippen LogP contribution in [0.25, 0.3) is 0 Å². The molecule has 82 valence electrons. The zero-order chi connectivity index (χ0) is 11.4. The van der Waals surface area contributed by atoms with Crippen molar-refractivity contribution in [1.82, 2.24) is 0 Å². The molecule has 1 aromatic carbocycles. The van der Waals surface area contributed by atoms with Gasteiger partial charge in [0.2, 0.25) is 5.91 Å². The molecule has 15 heavy (non-hydrogen) atoms. The summed E-state index contributed by atoms with van der Waals surface area (Å²) in [5.74, 6) is -0.336. The molecule has 0 aliphatic carbocycles. The highest BCUT2D eigenvalue weighted by Gasteiger charge is 2.07. The van der Waals surface area contributed by atoms with Crippen molar-refractivity contribution in [2.24, 2.45) is 5.73 Å². The van der Waals surface area contributed by atoms with Gasteiger partial charge in [-0.05, 0) is 37.6 Å². The zero-order valence-electron chi connectivity index (χ0n) is 9.16. The van der Waals surface area contributed by atoms with Gasteiger partial charge in [0.05, 0.1) is 6.54 Å². The number of hydrogen-bond acceptors (Lipinski definition) is 3. The quantitative estimate of drug-likeness (QED) is 0.720. The van der Waals surface area contributed by atoms with Crippen molar-refractivity contribution >= 4 is 17.3 Å².